The molecule has 0 aliphatic carbocycles. The first-order chi connectivity index (χ1) is 8.54. The third-order valence-electron chi connectivity index (χ3n) is 4.25. The van der Waals surface area contributed by atoms with Gasteiger partial charge in [-0.2, -0.15) is 5.10 Å². The van der Waals surface area contributed by atoms with Crippen LogP contribution in [0.1, 0.15) is 45.6 Å². The van der Waals surface area contributed by atoms with Gasteiger partial charge in [-0.25, -0.2) is 4.68 Å². The summed E-state index contributed by atoms with van der Waals surface area (Å²) in [6.45, 7) is 9.24. The van der Waals surface area contributed by atoms with Gasteiger partial charge in [-0.3, -0.25) is 0 Å². The van der Waals surface area contributed by atoms with Gasteiger partial charge >= 0.3 is 0 Å². The fourth-order valence-corrected chi connectivity index (χ4v) is 2.09. The van der Waals surface area contributed by atoms with E-state index in [9.17, 15) is 0 Å². The quantitative estimate of drug-likeness (QED) is 0.776. The molecule has 0 aliphatic rings. The number of rotatable bonds is 4. The lowest BCUT2D eigenvalue weighted by Gasteiger charge is -2.31. The predicted molar refractivity (Wildman–Crippen MR) is 76.1 cm³/mol. The molecule has 1 unspecified atom stereocenters. The summed E-state index contributed by atoms with van der Waals surface area (Å²) < 4.78 is 1.89. The van der Waals surface area contributed by atoms with Crippen molar-refractivity contribution < 1.29 is 0 Å². The molecule has 0 N–H and O–H groups in total. The molecule has 1 heterocycles. The van der Waals surface area contributed by atoms with Crippen LogP contribution in [0.15, 0.2) is 42.7 Å². The maximum Gasteiger partial charge on any atom is 0.0645 e. The summed E-state index contributed by atoms with van der Waals surface area (Å²) in [4.78, 5) is 0. The van der Waals surface area contributed by atoms with Crippen LogP contribution in [0.3, 0.4) is 0 Å². The van der Waals surface area contributed by atoms with Gasteiger partial charge in [-0.05, 0) is 35.1 Å². The van der Waals surface area contributed by atoms with E-state index in [1.54, 1.807) is 6.20 Å². The summed E-state index contributed by atoms with van der Waals surface area (Å²) in [6.07, 6.45) is 4.96. The highest BCUT2D eigenvalue weighted by atomic mass is 15.3. The van der Waals surface area contributed by atoms with Crippen molar-refractivity contribution in [2.24, 2.45) is 5.41 Å². The highest BCUT2D eigenvalue weighted by Crippen LogP contribution is 2.37. The van der Waals surface area contributed by atoms with Crippen LogP contribution in [-0.2, 0) is 0 Å². The second-order valence-corrected chi connectivity index (χ2v) is 5.61. The first-order valence-electron chi connectivity index (χ1n) is 6.64. The van der Waals surface area contributed by atoms with E-state index in [2.05, 4.69) is 57.1 Å². The highest BCUT2D eigenvalue weighted by molar-refractivity contribution is 5.35. The summed E-state index contributed by atoms with van der Waals surface area (Å²) in [5, 5.41) is 4.24. The van der Waals surface area contributed by atoms with Gasteiger partial charge in [0.25, 0.3) is 0 Å². The van der Waals surface area contributed by atoms with E-state index >= 15 is 0 Å². The second kappa shape index (κ2) is 4.97. The molecule has 0 bridgehead atoms. The minimum Gasteiger partial charge on any atom is -0.241 e. The van der Waals surface area contributed by atoms with E-state index in [0.29, 0.717) is 11.3 Å². The molecule has 1 aromatic heterocycles. The van der Waals surface area contributed by atoms with Crippen molar-refractivity contribution in [1.29, 1.82) is 0 Å². The van der Waals surface area contributed by atoms with Gasteiger partial charge in [0.1, 0.15) is 0 Å². The molecule has 96 valence electrons. The Morgan fingerprint density at radius 1 is 1.22 bits per heavy atom. The number of hydrogen-bond donors (Lipinski definition) is 0. The molecule has 0 saturated heterocycles. The van der Waals surface area contributed by atoms with Crippen LogP contribution in [0.2, 0.25) is 0 Å². The molecule has 2 nitrogen and oxygen atoms in total. The third-order valence-corrected chi connectivity index (χ3v) is 4.25. The first-order valence-corrected chi connectivity index (χ1v) is 6.64. The molecule has 0 amide bonds. The summed E-state index contributed by atoms with van der Waals surface area (Å²) in [6, 6.07) is 10.7. The van der Waals surface area contributed by atoms with Crippen LogP contribution in [0.25, 0.3) is 5.69 Å². The number of hydrogen-bond acceptors (Lipinski definition) is 1. The van der Waals surface area contributed by atoms with E-state index in [4.69, 9.17) is 0 Å². The topological polar surface area (TPSA) is 17.8 Å². The molecule has 0 saturated carbocycles. The Bertz CT molecular complexity index is 480. The zero-order chi connectivity index (χ0) is 13.2. The van der Waals surface area contributed by atoms with E-state index in [1.807, 2.05) is 16.9 Å². The Balaban J connectivity index is 2.23. The zero-order valence-electron chi connectivity index (χ0n) is 11.7. The third kappa shape index (κ3) is 2.47. The van der Waals surface area contributed by atoms with Crippen molar-refractivity contribution in [2.45, 2.75) is 40.0 Å². The van der Waals surface area contributed by atoms with Gasteiger partial charge in [-0.15, -0.1) is 0 Å². The minimum atomic E-state index is 0.340. The molecule has 1 aromatic carbocycles. The van der Waals surface area contributed by atoms with Crippen molar-refractivity contribution in [1.82, 2.24) is 9.78 Å². The molecule has 18 heavy (non-hydrogen) atoms. The lowest BCUT2D eigenvalue weighted by atomic mass is 9.74. The molecule has 0 spiro atoms. The summed E-state index contributed by atoms with van der Waals surface area (Å²) in [5.41, 5.74) is 2.86. The van der Waals surface area contributed by atoms with Crippen molar-refractivity contribution >= 4 is 0 Å². The normalized spacial score (nSPS) is 13.6. The molecular weight excluding hydrogens is 220 g/mol. The Hall–Kier alpha value is -1.57. The number of nitrogens with zero attached hydrogens (tertiary/aromatic N) is 2. The molecule has 0 aliphatic heterocycles. The van der Waals surface area contributed by atoms with Gasteiger partial charge in [0, 0.05) is 12.4 Å². The van der Waals surface area contributed by atoms with Crippen LogP contribution in [0, 0.1) is 5.41 Å². The maximum atomic E-state index is 4.24. The Labute approximate surface area is 110 Å². The SMILES string of the molecule is CCC(C)(C)C(C)c1ccc(-n2cccn2)cc1. The van der Waals surface area contributed by atoms with Gasteiger partial charge < -0.3 is 0 Å². The lowest BCUT2D eigenvalue weighted by Crippen LogP contribution is -2.18. The molecule has 1 atom stereocenters. The highest BCUT2D eigenvalue weighted by Gasteiger charge is 2.24. The Morgan fingerprint density at radius 3 is 2.39 bits per heavy atom. The number of benzene rings is 1. The van der Waals surface area contributed by atoms with E-state index in [-0.39, 0.29) is 0 Å². The van der Waals surface area contributed by atoms with Gasteiger partial charge in [0.05, 0.1) is 5.69 Å². The van der Waals surface area contributed by atoms with Gasteiger partial charge in [-0.1, -0.05) is 46.2 Å². The molecule has 0 radical (unpaired) electrons. The standard InChI is InChI=1S/C16H22N2/c1-5-16(3,4)13(2)14-7-9-15(10-8-14)18-12-6-11-17-18/h6-13H,5H2,1-4H3. The molecule has 2 aromatic rings. The summed E-state index contributed by atoms with van der Waals surface area (Å²) in [7, 11) is 0. The average Bonchev–Trinajstić information content (AvgIpc) is 2.92. The van der Waals surface area contributed by atoms with E-state index in [1.165, 1.54) is 12.0 Å². The van der Waals surface area contributed by atoms with Gasteiger partial charge in [0.2, 0.25) is 0 Å². The van der Waals surface area contributed by atoms with Crippen molar-refractivity contribution in [3.8, 4) is 5.69 Å². The van der Waals surface area contributed by atoms with Crippen LogP contribution in [-0.4, -0.2) is 9.78 Å². The summed E-state index contributed by atoms with van der Waals surface area (Å²) in [5.74, 6) is 0.564. The van der Waals surface area contributed by atoms with Crippen LogP contribution in [0.4, 0.5) is 0 Å². The van der Waals surface area contributed by atoms with Gasteiger partial charge in [0.15, 0.2) is 0 Å². The average molecular weight is 242 g/mol. The van der Waals surface area contributed by atoms with E-state index in [0.717, 1.165) is 5.69 Å². The second-order valence-electron chi connectivity index (χ2n) is 5.61. The molecular formula is C16H22N2. The van der Waals surface area contributed by atoms with E-state index < -0.39 is 0 Å². The van der Waals surface area contributed by atoms with Crippen molar-refractivity contribution in [3.05, 3.63) is 48.3 Å². The fourth-order valence-electron chi connectivity index (χ4n) is 2.09. The van der Waals surface area contributed by atoms with Crippen molar-refractivity contribution in [3.63, 3.8) is 0 Å². The Kier molecular flexibility index (Phi) is 3.55. The predicted octanol–water partition coefficient (Wildman–Crippen LogP) is 4.41. The van der Waals surface area contributed by atoms with Crippen LogP contribution >= 0.6 is 0 Å². The van der Waals surface area contributed by atoms with Crippen molar-refractivity contribution in [2.75, 3.05) is 0 Å². The first kappa shape index (κ1) is 12.9. The lowest BCUT2D eigenvalue weighted by molar-refractivity contribution is 0.289. The van der Waals surface area contributed by atoms with Crippen LogP contribution in [0.5, 0.6) is 0 Å². The fraction of sp³-hybridized carbons (Fsp3) is 0.438. The largest absolute Gasteiger partial charge is 0.241 e. The number of aromatic nitrogens is 2. The van der Waals surface area contributed by atoms with Crippen LogP contribution < -0.4 is 0 Å². The monoisotopic (exact) mass is 242 g/mol. The zero-order valence-corrected chi connectivity index (χ0v) is 11.7. The minimum absolute atomic E-state index is 0.340. The smallest absolute Gasteiger partial charge is 0.0645 e. The molecule has 2 heteroatoms. The maximum absolute atomic E-state index is 4.24. The molecule has 0 fully saturated rings. The summed E-state index contributed by atoms with van der Waals surface area (Å²) >= 11 is 0. The molecule has 2 rings (SSSR count). The Morgan fingerprint density at radius 2 is 1.89 bits per heavy atom.